The minimum Gasteiger partial charge on any atom is -0.368 e. The fraction of sp³-hybridized carbons (Fsp3) is 0.400. The normalized spacial score (nSPS) is 11.0. The fourth-order valence-electron chi connectivity index (χ4n) is 1.59. The van der Waals surface area contributed by atoms with Crippen molar-refractivity contribution in [1.82, 2.24) is 14.6 Å². The number of aryl methyl sites for hydroxylation is 2. The van der Waals surface area contributed by atoms with Gasteiger partial charge >= 0.3 is 0 Å². The summed E-state index contributed by atoms with van der Waals surface area (Å²) in [6, 6.07) is 4.05. The Kier molecular flexibility index (Phi) is 2.11. The van der Waals surface area contributed by atoms with Crippen LogP contribution < -0.4 is 5.73 Å². The first-order chi connectivity index (χ1) is 6.70. The lowest BCUT2D eigenvalue weighted by Crippen LogP contribution is -2.04. The Morgan fingerprint density at radius 2 is 2.21 bits per heavy atom. The van der Waals surface area contributed by atoms with Gasteiger partial charge in [-0.05, 0) is 25.5 Å². The molecule has 2 N–H and O–H groups in total. The van der Waals surface area contributed by atoms with E-state index in [1.54, 1.807) is 4.52 Å². The Morgan fingerprint density at radius 3 is 2.93 bits per heavy atom. The molecule has 0 spiro atoms. The van der Waals surface area contributed by atoms with Crippen molar-refractivity contribution in [2.24, 2.45) is 0 Å². The van der Waals surface area contributed by atoms with Crippen molar-refractivity contribution in [3.63, 3.8) is 0 Å². The molecule has 0 bridgehead atoms. The molecule has 0 aliphatic rings. The third-order valence-electron chi connectivity index (χ3n) is 2.15. The Balaban J connectivity index is 2.59. The predicted octanol–water partition coefficient (Wildman–Crippen LogP) is 1.57. The van der Waals surface area contributed by atoms with Crippen LogP contribution in [0.5, 0.6) is 0 Å². The minimum absolute atomic E-state index is 0.471. The molecule has 0 aliphatic carbocycles. The highest BCUT2D eigenvalue weighted by molar-refractivity contribution is 5.52. The standard InChI is InChI=1S/C10H14N4/c1-3-4-8-6-9-5-7(2)13-14(9)10(11)12-8/h5-6H,3-4H2,1-2H3,(H2,11,12). The first-order valence-corrected chi connectivity index (χ1v) is 4.82. The van der Waals surface area contributed by atoms with E-state index in [1.165, 1.54) is 0 Å². The molecule has 14 heavy (non-hydrogen) atoms. The van der Waals surface area contributed by atoms with Gasteiger partial charge in [0.25, 0.3) is 0 Å². The number of anilines is 1. The topological polar surface area (TPSA) is 56.2 Å². The van der Waals surface area contributed by atoms with E-state index < -0.39 is 0 Å². The van der Waals surface area contributed by atoms with E-state index in [-0.39, 0.29) is 0 Å². The molecule has 0 saturated heterocycles. The fourth-order valence-corrected chi connectivity index (χ4v) is 1.59. The molecule has 0 amide bonds. The summed E-state index contributed by atoms with van der Waals surface area (Å²) >= 11 is 0. The largest absolute Gasteiger partial charge is 0.368 e. The van der Waals surface area contributed by atoms with E-state index in [2.05, 4.69) is 17.0 Å². The van der Waals surface area contributed by atoms with Gasteiger partial charge in [-0.15, -0.1) is 0 Å². The van der Waals surface area contributed by atoms with E-state index >= 15 is 0 Å². The van der Waals surface area contributed by atoms with Crippen LogP contribution in [-0.4, -0.2) is 14.6 Å². The molecule has 4 heteroatoms. The lowest BCUT2D eigenvalue weighted by Gasteiger charge is -2.02. The third kappa shape index (κ3) is 1.43. The van der Waals surface area contributed by atoms with Crippen molar-refractivity contribution < 1.29 is 0 Å². The maximum Gasteiger partial charge on any atom is 0.221 e. The van der Waals surface area contributed by atoms with Crippen LogP contribution in [0.2, 0.25) is 0 Å². The van der Waals surface area contributed by atoms with Gasteiger partial charge in [0.05, 0.1) is 11.2 Å². The maximum absolute atomic E-state index is 5.79. The highest BCUT2D eigenvalue weighted by Gasteiger charge is 2.04. The average molecular weight is 190 g/mol. The third-order valence-corrected chi connectivity index (χ3v) is 2.15. The Bertz CT molecular complexity index is 458. The second-order valence-electron chi connectivity index (χ2n) is 3.48. The van der Waals surface area contributed by atoms with Gasteiger partial charge in [-0.25, -0.2) is 9.50 Å². The number of hydrogen-bond donors (Lipinski definition) is 1. The van der Waals surface area contributed by atoms with E-state index in [0.29, 0.717) is 5.95 Å². The summed E-state index contributed by atoms with van der Waals surface area (Å²) in [6.45, 7) is 4.08. The van der Waals surface area contributed by atoms with Crippen LogP contribution >= 0.6 is 0 Å². The molecule has 74 valence electrons. The number of nitrogens with two attached hydrogens (primary N) is 1. The summed E-state index contributed by atoms with van der Waals surface area (Å²) in [7, 11) is 0. The highest BCUT2D eigenvalue weighted by Crippen LogP contribution is 2.12. The van der Waals surface area contributed by atoms with Gasteiger partial charge in [0.2, 0.25) is 5.95 Å². The number of rotatable bonds is 2. The van der Waals surface area contributed by atoms with Crippen LogP contribution in [0.25, 0.3) is 5.52 Å². The Hall–Kier alpha value is -1.58. The van der Waals surface area contributed by atoms with Crippen LogP contribution in [-0.2, 0) is 6.42 Å². The van der Waals surface area contributed by atoms with E-state index in [1.807, 2.05) is 19.1 Å². The molecule has 0 fully saturated rings. The van der Waals surface area contributed by atoms with Crippen molar-refractivity contribution in [2.45, 2.75) is 26.7 Å². The van der Waals surface area contributed by atoms with Crippen LogP contribution in [0.3, 0.4) is 0 Å². The zero-order valence-electron chi connectivity index (χ0n) is 8.49. The van der Waals surface area contributed by atoms with Crippen molar-refractivity contribution in [1.29, 1.82) is 0 Å². The van der Waals surface area contributed by atoms with Crippen molar-refractivity contribution >= 4 is 11.5 Å². The summed E-state index contributed by atoms with van der Waals surface area (Å²) in [4.78, 5) is 4.28. The van der Waals surface area contributed by atoms with E-state index in [0.717, 1.165) is 29.7 Å². The molecule has 2 aromatic heterocycles. The molecule has 0 aromatic carbocycles. The smallest absolute Gasteiger partial charge is 0.221 e. The molecule has 0 atom stereocenters. The zero-order chi connectivity index (χ0) is 10.1. The second kappa shape index (κ2) is 3.29. The lowest BCUT2D eigenvalue weighted by atomic mass is 10.2. The molecular weight excluding hydrogens is 176 g/mol. The molecule has 2 rings (SSSR count). The number of nitrogens with zero attached hydrogens (tertiary/aromatic N) is 3. The molecule has 0 unspecified atom stereocenters. The van der Waals surface area contributed by atoms with Crippen molar-refractivity contribution in [2.75, 3.05) is 5.73 Å². The molecule has 0 aliphatic heterocycles. The number of nitrogen functional groups attached to an aromatic ring is 1. The summed E-state index contributed by atoms with van der Waals surface area (Å²) < 4.78 is 1.68. The quantitative estimate of drug-likeness (QED) is 0.782. The maximum atomic E-state index is 5.79. The summed E-state index contributed by atoms with van der Waals surface area (Å²) in [5, 5.41) is 4.24. The minimum atomic E-state index is 0.471. The molecule has 2 aromatic rings. The summed E-state index contributed by atoms with van der Waals surface area (Å²) in [5.41, 5.74) is 8.82. The summed E-state index contributed by atoms with van der Waals surface area (Å²) in [5.74, 6) is 0.471. The van der Waals surface area contributed by atoms with Gasteiger partial charge in [0, 0.05) is 5.69 Å². The molecule has 0 saturated carbocycles. The van der Waals surface area contributed by atoms with Gasteiger partial charge < -0.3 is 5.73 Å². The van der Waals surface area contributed by atoms with Gasteiger partial charge in [0.15, 0.2) is 0 Å². The van der Waals surface area contributed by atoms with Crippen LogP contribution in [0.1, 0.15) is 24.7 Å². The number of hydrogen-bond acceptors (Lipinski definition) is 3. The van der Waals surface area contributed by atoms with Crippen molar-refractivity contribution in [3.8, 4) is 0 Å². The van der Waals surface area contributed by atoms with E-state index in [4.69, 9.17) is 5.73 Å². The van der Waals surface area contributed by atoms with E-state index in [9.17, 15) is 0 Å². The van der Waals surface area contributed by atoms with Crippen molar-refractivity contribution in [3.05, 3.63) is 23.5 Å². The van der Waals surface area contributed by atoms with Gasteiger partial charge in [-0.2, -0.15) is 5.10 Å². The highest BCUT2D eigenvalue weighted by atomic mass is 15.3. The average Bonchev–Trinajstić information content (AvgIpc) is 2.47. The van der Waals surface area contributed by atoms with Gasteiger partial charge in [0.1, 0.15) is 0 Å². The second-order valence-corrected chi connectivity index (χ2v) is 3.48. The first kappa shape index (κ1) is 8.99. The molecule has 2 heterocycles. The predicted molar refractivity (Wildman–Crippen MR) is 56.1 cm³/mol. The van der Waals surface area contributed by atoms with Gasteiger partial charge in [-0.1, -0.05) is 13.3 Å². The SMILES string of the molecule is CCCc1cc2cc(C)nn2c(N)n1. The molecule has 0 radical (unpaired) electrons. The first-order valence-electron chi connectivity index (χ1n) is 4.82. The zero-order valence-corrected chi connectivity index (χ0v) is 8.49. The van der Waals surface area contributed by atoms with Crippen LogP contribution in [0, 0.1) is 6.92 Å². The Morgan fingerprint density at radius 1 is 1.43 bits per heavy atom. The van der Waals surface area contributed by atoms with Crippen LogP contribution in [0.4, 0.5) is 5.95 Å². The monoisotopic (exact) mass is 190 g/mol. The number of aromatic nitrogens is 3. The summed E-state index contributed by atoms with van der Waals surface area (Å²) in [6.07, 6.45) is 2.04. The molecule has 4 nitrogen and oxygen atoms in total. The van der Waals surface area contributed by atoms with Gasteiger partial charge in [-0.3, -0.25) is 0 Å². The molecular formula is C10H14N4. The Labute approximate surface area is 82.8 Å². The van der Waals surface area contributed by atoms with Crippen LogP contribution in [0.15, 0.2) is 12.1 Å². The number of fused-ring (bicyclic) bond motifs is 1. The lowest BCUT2D eigenvalue weighted by molar-refractivity contribution is 0.850.